The maximum absolute atomic E-state index is 5.94. The van der Waals surface area contributed by atoms with Crippen molar-refractivity contribution in [2.75, 3.05) is 7.05 Å². The van der Waals surface area contributed by atoms with E-state index in [1.165, 1.54) is 0 Å². The van der Waals surface area contributed by atoms with Gasteiger partial charge in [0, 0.05) is 30.4 Å². The molecule has 3 N–H and O–H groups in total. The number of hydrogen-bond donors (Lipinski definition) is 2. The molecule has 23 heavy (non-hydrogen) atoms. The molecule has 0 saturated carbocycles. The van der Waals surface area contributed by atoms with Crippen LogP contribution in [0.25, 0.3) is 21.3 Å². The fraction of sp³-hybridized carbons (Fsp3) is 0.125. The molecule has 6 nitrogen and oxygen atoms in total. The van der Waals surface area contributed by atoms with Crippen molar-refractivity contribution in [3.63, 3.8) is 0 Å². The van der Waals surface area contributed by atoms with Crippen molar-refractivity contribution < 1.29 is 0 Å². The summed E-state index contributed by atoms with van der Waals surface area (Å²) in [5, 5.41) is 6.11. The van der Waals surface area contributed by atoms with Crippen molar-refractivity contribution in [1.82, 2.24) is 15.4 Å². The van der Waals surface area contributed by atoms with Crippen LogP contribution in [0.5, 0.6) is 0 Å². The van der Waals surface area contributed by atoms with Gasteiger partial charge in [0.25, 0.3) is 0 Å². The van der Waals surface area contributed by atoms with Crippen molar-refractivity contribution in [3.8, 4) is 11.1 Å². The average molecular weight is 324 g/mol. The molecule has 0 radical (unpaired) electrons. The zero-order valence-corrected chi connectivity index (χ0v) is 13.6. The van der Waals surface area contributed by atoms with E-state index in [1.807, 2.05) is 24.3 Å². The lowest BCUT2D eigenvalue weighted by molar-refractivity contribution is 0.902. The Labute approximate surface area is 137 Å². The van der Waals surface area contributed by atoms with Gasteiger partial charge >= 0.3 is 0 Å². The minimum Gasteiger partial charge on any atom is -0.382 e. The first-order chi connectivity index (χ1) is 11.2. The second kappa shape index (κ2) is 6.53. The maximum Gasteiger partial charge on any atom is 0.155 e. The number of pyridine rings is 2. The number of rotatable bonds is 4. The van der Waals surface area contributed by atoms with Crippen LogP contribution in [0.15, 0.2) is 52.1 Å². The summed E-state index contributed by atoms with van der Waals surface area (Å²) in [4.78, 5) is 13.0. The van der Waals surface area contributed by atoms with Crippen molar-refractivity contribution in [2.24, 2.45) is 15.8 Å². The number of aromatic nitrogens is 2. The molecule has 0 atom stereocenters. The van der Waals surface area contributed by atoms with Crippen LogP contribution in [0.3, 0.4) is 0 Å². The highest BCUT2D eigenvalue weighted by molar-refractivity contribution is 7.17. The third kappa shape index (κ3) is 3.19. The second-order valence-electron chi connectivity index (χ2n) is 4.82. The van der Waals surface area contributed by atoms with Crippen LogP contribution in [-0.4, -0.2) is 28.6 Å². The molecule has 7 heteroatoms. The summed E-state index contributed by atoms with van der Waals surface area (Å²) in [6.45, 7) is 1.79. The van der Waals surface area contributed by atoms with E-state index in [4.69, 9.17) is 5.73 Å². The van der Waals surface area contributed by atoms with Gasteiger partial charge in [0.15, 0.2) is 5.82 Å². The van der Waals surface area contributed by atoms with E-state index in [9.17, 15) is 0 Å². The van der Waals surface area contributed by atoms with Crippen molar-refractivity contribution in [2.45, 2.75) is 6.92 Å². The van der Waals surface area contributed by atoms with Crippen LogP contribution in [0.1, 0.15) is 6.92 Å². The van der Waals surface area contributed by atoms with Crippen molar-refractivity contribution in [1.29, 1.82) is 0 Å². The molecule has 0 aliphatic carbocycles. The fourth-order valence-electron chi connectivity index (χ4n) is 2.13. The van der Waals surface area contributed by atoms with Crippen LogP contribution in [0.4, 0.5) is 5.82 Å². The lowest BCUT2D eigenvalue weighted by atomic mass is 10.1. The number of fused-ring (bicyclic) bond motifs is 1. The number of thiophene rings is 1. The summed E-state index contributed by atoms with van der Waals surface area (Å²) < 4.78 is 1.11. The fourth-order valence-corrected chi connectivity index (χ4v) is 3.04. The van der Waals surface area contributed by atoms with Crippen LogP contribution in [0, 0.1) is 0 Å². The first-order valence-electron chi connectivity index (χ1n) is 7.03. The predicted molar refractivity (Wildman–Crippen MR) is 96.3 cm³/mol. The average Bonchev–Trinajstić information content (AvgIpc) is 2.99. The lowest BCUT2D eigenvalue weighted by Crippen LogP contribution is -2.22. The largest absolute Gasteiger partial charge is 0.382 e. The molecule has 0 unspecified atom stereocenters. The van der Waals surface area contributed by atoms with E-state index < -0.39 is 0 Å². The molecule has 0 aliphatic rings. The van der Waals surface area contributed by atoms with E-state index in [0.717, 1.165) is 21.3 Å². The summed E-state index contributed by atoms with van der Waals surface area (Å²) in [6, 6.07) is 7.80. The quantitative estimate of drug-likeness (QED) is 0.439. The van der Waals surface area contributed by atoms with Crippen LogP contribution >= 0.6 is 11.3 Å². The number of aliphatic imine (C=N–C) groups is 1. The molecule has 0 spiro atoms. The van der Waals surface area contributed by atoms with Gasteiger partial charge in [-0.2, -0.15) is 5.10 Å². The number of hydrogen-bond acceptors (Lipinski definition) is 6. The molecule has 0 aliphatic heterocycles. The molecular weight excluding hydrogens is 308 g/mol. The summed E-state index contributed by atoms with van der Waals surface area (Å²) >= 11 is 1.65. The molecule has 3 rings (SSSR count). The highest BCUT2D eigenvalue weighted by atomic mass is 32.1. The second-order valence-corrected chi connectivity index (χ2v) is 5.73. The molecule has 0 aromatic carbocycles. The number of amidine groups is 1. The van der Waals surface area contributed by atoms with Crippen LogP contribution < -0.4 is 11.2 Å². The standard InChI is InChI=1S/C16H16N6S/c1-10(22-18-2)16(17)21-14-4-3-13-15(20-14)12(9-23-13)11-5-7-19-8-6-11/h3-9,18H,1-2H3,(H2,17,20,21)/b22-10+. The Kier molecular flexibility index (Phi) is 4.29. The third-order valence-electron chi connectivity index (χ3n) is 3.28. The molecule has 0 amide bonds. The third-order valence-corrected chi connectivity index (χ3v) is 4.22. The Bertz CT molecular complexity index is 882. The molecule has 3 aromatic rings. The summed E-state index contributed by atoms with van der Waals surface area (Å²) in [5.74, 6) is 0.904. The van der Waals surface area contributed by atoms with E-state index in [2.05, 4.69) is 30.9 Å². The SMILES string of the molecule is CN/N=C(\C)C(N)=Nc1ccc2scc(-c3ccncc3)c2n1. The number of nitrogens with one attached hydrogen (secondary N) is 1. The molecule has 0 saturated heterocycles. The topological polar surface area (TPSA) is 88.5 Å². The van der Waals surface area contributed by atoms with Crippen molar-refractivity contribution >= 4 is 38.9 Å². The number of hydrazone groups is 1. The zero-order valence-electron chi connectivity index (χ0n) is 12.8. The zero-order chi connectivity index (χ0) is 16.2. The Hall–Kier alpha value is -2.80. The summed E-state index contributed by atoms with van der Waals surface area (Å²) in [7, 11) is 1.72. The van der Waals surface area contributed by atoms with E-state index >= 15 is 0 Å². The van der Waals surface area contributed by atoms with E-state index in [0.29, 0.717) is 17.4 Å². The molecule has 3 heterocycles. The summed E-state index contributed by atoms with van der Waals surface area (Å²) in [5.41, 5.74) is 12.3. The van der Waals surface area contributed by atoms with Gasteiger partial charge in [0.2, 0.25) is 0 Å². The first-order valence-corrected chi connectivity index (χ1v) is 7.91. The van der Waals surface area contributed by atoms with Gasteiger partial charge in [0.1, 0.15) is 5.84 Å². The Morgan fingerprint density at radius 2 is 2.00 bits per heavy atom. The Morgan fingerprint density at radius 1 is 1.22 bits per heavy atom. The van der Waals surface area contributed by atoms with Crippen molar-refractivity contribution in [3.05, 3.63) is 42.0 Å². The lowest BCUT2D eigenvalue weighted by Gasteiger charge is -2.02. The van der Waals surface area contributed by atoms with Gasteiger partial charge in [-0.1, -0.05) is 0 Å². The molecule has 0 fully saturated rings. The van der Waals surface area contributed by atoms with E-state index in [1.54, 1.807) is 37.7 Å². The Morgan fingerprint density at radius 3 is 2.74 bits per heavy atom. The number of nitrogens with zero attached hydrogens (tertiary/aromatic N) is 4. The number of nitrogens with two attached hydrogens (primary N) is 1. The normalized spacial score (nSPS) is 12.6. The molecule has 0 bridgehead atoms. The minimum absolute atomic E-state index is 0.340. The van der Waals surface area contributed by atoms with Crippen LogP contribution in [-0.2, 0) is 0 Å². The molecule has 116 valence electrons. The monoisotopic (exact) mass is 324 g/mol. The summed E-state index contributed by atoms with van der Waals surface area (Å²) in [6.07, 6.45) is 3.55. The van der Waals surface area contributed by atoms with Gasteiger partial charge in [-0.25, -0.2) is 9.98 Å². The van der Waals surface area contributed by atoms with Gasteiger partial charge in [-0.15, -0.1) is 11.3 Å². The van der Waals surface area contributed by atoms with Gasteiger partial charge in [-0.3, -0.25) is 4.98 Å². The first kappa shape index (κ1) is 15.1. The Balaban J connectivity index is 2.05. The predicted octanol–water partition coefficient (Wildman–Crippen LogP) is 2.94. The molecule has 3 aromatic heterocycles. The smallest absolute Gasteiger partial charge is 0.155 e. The highest BCUT2D eigenvalue weighted by Crippen LogP contribution is 2.33. The van der Waals surface area contributed by atoms with Gasteiger partial charge < -0.3 is 11.2 Å². The maximum atomic E-state index is 5.94. The van der Waals surface area contributed by atoms with E-state index in [-0.39, 0.29) is 0 Å². The van der Waals surface area contributed by atoms with Crippen LogP contribution in [0.2, 0.25) is 0 Å². The minimum atomic E-state index is 0.340. The highest BCUT2D eigenvalue weighted by Gasteiger charge is 2.09. The van der Waals surface area contributed by atoms with Gasteiger partial charge in [0.05, 0.1) is 15.9 Å². The molecular formula is C16H16N6S. The van der Waals surface area contributed by atoms with Gasteiger partial charge in [-0.05, 0) is 36.8 Å².